The van der Waals surface area contributed by atoms with Crippen LogP contribution in [0, 0.1) is 0 Å². The molecule has 1 unspecified atom stereocenters. The normalized spacial score (nSPS) is 16.4. The predicted molar refractivity (Wildman–Crippen MR) is 94.2 cm³/mol. The minimum absolute atomic E-state index is 0.0318. The Morgan fingerprint density at radius 1 is 1.26 bits per heavy atom. The number of rotatable bonds is 3. The largest absolute Gasteiger partial charge is 0.324 e. The fourth-order valence-electron chi connectivity index (χ4n) is 2.42. The Kier molecular flexibility index (Phi) is 4.39. The number of hydrogen-bond acceptors (Lipinski definition) is 3. The van der Waals surface area contributed by atoms with Gasteiger partial charge in [-0.05, 0) is 49.2 Å². The van der Waals surface area contributed by atoms with Gasteiger partial charge in [0.25, 0.3) is 5.91 Å². The average Bonchev–Trinajstić information content (AvgIpc) is 2.55. The number of thioether (sulfide) groups is 1. The van der Waals surface area contributed by atoms with Crippen molar-refractivity contribution in [2.75, 3.05) is 10.6 Å². The van der Waals surface area contributed by atoms with Crippen molar-refractivity contribution in [3.63, 3.8) is 0 Å². The lowest BCUT2D eigenvalue weighted by molar-refractivity contribution is -0.115. The van der Waals surface area contributed by atoms with E-state index < -0.39 is 0 Å². The van der Waals surface area contributed by atoms with E-state index in [0.717, 1.165) is 17.0 Å². The van der Waals surface area contributed by atoms with Gasteiger partial charge in [-0.25, -0.2) is 0 Å². The number of nitrogens with one attached hydrogen (secondary N) is 2. The quantitative estimate of drug-likeness (QED) is 0.898. The first-order valence-electron chi connectivity index (χ1n) is 7.58. The Balaban J connectivity index is 1.80. The standard InChI is InChI=1S/C18H18N2O2S/c1-3-12-5-4-6-14(9-12)19-18(22)13-7-8-16-15(10-13)20-17(21)11(2)23-16/h4-11H,3H2,1-2H3,(H,19,22)(H,20,21). The minimum Gasteiger partial charge on any atom is -0.324 e. The van der Waals surface area contributed by atoms with E-state index >= 15 is 0 Å². The minimum atomic E-state index is -0.182. The highest BCUT2D eigenvalue weighted by molar-refractivity contribution is 8.00. The van der Waals surface area contributed by atoms with Gasteiger partial charge in [-0.15, -0.1) is 11.8 Å². The molecule has 2 aromatic carbocycles. The van der Waals surface area contributed by atoms with Crippen molar-refractivity contribution in [2.45, 2.75) is 30.4 Å². The molecule has 0 aromatic heterocycles. The van der Waals surface area contributed by atoms with E-state index in [1.165, 1.54) is 17.3 Å². The van der Waals surface area contributed by atoms with Crippen molar-refractivity contribution in [2.24, 2.45) is 0 Å². The number of aryl methyl sites for hydroxylation is 1. The van der Waals surface area contributed by atoms with Crippen LogP contribution in [0.3, 0.4) is 0 Å². The summed E-state index contributed by atoms with van der Waals surface area (Å²) in [5.74, 6) is -0.213. The summed E-state index contributed by atoms with van der Waals surface area (Å²) in [6, 6.07) is 13.2. The highest BCUT2D eigenvalue weighted by Crippen LogP contribution is 2.36. The van der Waals surface area contributed by atoms with E-state index in [1.54, 1.807) is 12.1 Å². The number of benzene rings is 2. The van der Waals surface area contributed by atoms with Gasteiger partial charge in [-0.3, -0.25) is 9.59 Å². The lowest BCUT2D eigenvalue weighted by atomic mass is 10.1. The van der Waals surface area contributed by atoms with Gasteiger partial charge >= 0.3 is 0 Å². The van der Waals surface area contributed by atoms with E-state index in [2.05, 4.69) is 17.6 Å². The number of hydrogen-bond donors (Lipinski definition) is 2. The summed E-state index contributed by atoms with van der Waals surface area (Å²) in [7, 11) is 0. The van der Waals surface area contributed by atoms with Crippen LogP contribution in [0.4, 0.5) is 11.4 Å². The van der Waals surface area contributed by atoms with Gasteiger partial charge in [0.1, 0.15) is 0 Å². The summed E-state index contributed by atoms with van der Waals surface area (Å²) in [6.45, 7) is 3.94. The molecule has 1 aliphatic heterocycles. The molecule has 3 rings (SSSR count). The second kappa shape index (κ2) is 6.46. The zero-order chi connectivity index (χ0) is 16.4. The fraction of sp³-hybridized carbons (Fsp3) is 0.222. The first kappa shape index (κ1) is 15.6. The van der Waals surface area contributed by atoms with Crippen LogP contribution in [0.5, 0.6) is 0 Å². The molecule has 2 amide bonds. The van der Waals surface area contributed by atoms with Crippen molar-refractivity contribution in [3.05, 3.63) is 53.6 Å². The highest BCUT2D eigenvalue weighted by atomic mass is 32.2. The molecular weight excluding hydrogens is 308 g/mol. The van der Waals surface area contributed by atoms with Gasteiger partial charge < -0.3 is 10.6 Å². The number of amides is 2. The summed E-state index contributed by atoms with van der Waals surface area (Å²) in [5, 5.41) is 5.64. The van der Waals surface area contributed by atoms with Crippen LogP contribution in [0.15, 0.2) is 47.4 Å². The molecule has 0 bridgehead atoms. The molecule has 2 N–H and O–H groups in total. The molecule has 5 heteroatoms. The van der Waals surface area contributed by atoms with E-state index in [0.29, 0.717) is 11.3 Å². The maximum atomic E-state index is 12.4. The molecule has 23 heavy (non-hydrogen) atoms. The van der Waals surface area contributed by atoms with Crippen molar-refractivity contribution in [1.29, 1.82) is 0 Å². The lowest BCUT2D eigenvalue weighted by Crippen LogP contribution is -2.26. The Morgan fingerprint density at radius 3 is 2.87 bits per heavy atom. The third-order valence-corrected chi connectivity index (χ3v) is 4.94. The Labute approximate surface area is 139 Å². The van der Waals surface area contributed by atoms with Crippen LogP contribution < -0.4 is 10.6 Å². The van der Waals surface area contributed by atoms with Gasteiger partial charge in [0.2, 0.25) is 5.91 Å². The topological polar surface area (TPSA) is 58.2 Å². The van der Waals surface area contributed by atoms with Crippen LogP contribution >= 0.6 is 11.8 Å². The Morgan fingerprint density at radius 2 is 2.09 bits per heavy atom. The monoisotopic (exact) mass is 326 g/mol. The molecule has 2 aromatic rings. The number of fused-ring (bicyclic) bond motifs is 1. The van der Waals surface area contributed by atoms with Crippen LogP contribution in [-0.4, -0.2) is 17.1 Å². The molecule has 0 fully saturated rings. The van der Waals surface area contributed by atoms with Crippen molar-refractivity contribution < 1.29 is 9.59 Å². The van der Waals surface area contributed by atoms with E-state index in [-0.39, 0.29) is 17.1 Å². The molecule has 118 valence electrons. The molecule has 0 spiro atoms. The molecule has 1 aliphatic rings. The summed E-state index contributed by atoms with van der Waals surface area (Å²) in [4.78, 5) is 25.2. The SMILES string of the molecule is CCc1cccc(NC(=O)c2ccc3c(c2)NC(=O)C(C)S3)c1. The van der Waals surface area contributed by atoms with E-state index in [4.69, 9.17) is 0 Å². The molecule has 1 heterocycles. The third-order valence-electron chi connectivity index (χ3n) is 3.77. The van der Waals surface area contributed by atoms with E-state index in [1.807, 2.05) is 37.3 Å². The van der Waals surface area contributed by atoms with Gasteiger partial charge in [0, 0.05) is 16.1 Å². The summed E-state index contributed by atoms with van der Waals surface area (Å²) >= 11 is 1.51. The molecular formula is C18H18N2O2S. The Bertz CT molecular complexity index is 773. The smallest absolute Gasteiger partial charge is 0.255 e. The number of carbonyl (C=O) groups excluding carboxylic acids is 2. The van der Waals surface area contributed by atoms with Gasteiger partial charge in [-0.1, -0.05) is 19.1 Å². The van der Waals surface area contributed by atoms with Crippen molar-refractivity contribution in [3.8, 4) is 0 Å². The fourth-order valence-corrected chi connectivity index (χ4v) is 3.35. The molecule has 1 atom stereocenters. The first-order chi connectivity index (χ1) is 11.1. The molecule has 0 aliphatic carbocycles. The number of anilines is 2. The summed E-state index contributed by atoms with van der Waals surface area (Å²) < 4.78 is 0. The van der Waals surface area contributed by atoms with Crippen LogP contribution in [-0.2, 0) is 11.2 Å². The second-order valence-corrected chi connectivity index (χ2v) is 6.85. The Hall–Kier alpha value is -2.27. The van der Waals surface area contributed by atoms with E-state index in [9.17, 15) is 9.59 Å². The zero-order valence-electron chi connectivity index (χ0n) is 13.1. The average molecular weight is 326 g/mol. The maximum Gasteiger partial charge on any atom is 0.255 e. The van der Waals surface area contributed by atoms with Crippen molar-refractivity contribution >= 4 is 35.0 Å². The molecule has 0 saturated heterocycles. The first-order valence-corrected chi connectivity index (χ1v) is 8.46. The third kappa shape index (κ3) is 3.40. The second-order valence-electron chi connectivity index (χ2n) is 5.47. The van der Waals surface area contributed by atoms with Gasteiger partial charge in [0.15, 0.2) is 0 Å². The van der Waals surface area contributed by atoms with Gasteiger partial charge in [0.05, 0.1) is 10.9 Å². The molecule has 0 radical (unpaired) electrons. The highest BCUT2D eigenvalue weighted by Gasteiger charge is 2.23. The van der Waals surface area contributed by atoms with Crippen LogP contribution in [0.25, 0.3) is 0 Å². The summed E-state index contributed by atoms with van der Waals surface area (Å²) in [6.07, 6.45) is 0.921. The summed E-state index contributed by atoms with van der Waals surface area (Å²) in [5.41, 5.74) is 3.18. The zero-order valence-corrected chi connectivity index (χ0v) is 13.9. The predicted octanol–water partition coefficient (Wildman–Crippen LogP) is 3.93. The van der Waals surface area contributed by atoms with Crippen LogP contribution in [0.1, 0.15) is 29.8 Å². The maximum absolute atomic E-state index is 12.4. The lowest BCUT2D eigenvalue weighted by Gasteiger charge is -2.21. The van der Waals surface area contributed by atoms with Crippen LogP contribution in [0.2, 0.25) is 0 Å². The van der Waals surface area contributed by atoms with Crippen molar-refractivity contribution in [1.82, 2.24) is 0 Å². The number of carbonyl (C=O) groups is 2. The molecule has 4 nitrogen and oxygen atoms in total. The van der Waals surface area contributed by atoms with Gasteiger partial charge in [-0.2, -0.15) is 0 Å². The molecule has 0 saturated carbocycles.